The molecule has 2 saturated heterocycles. The zero-order valence-corrected chi connectivity index (χ0v) is 22.7. The van der Waals surface area contributed by atoms with E-state index in [0.717, 1.165) is 73.8 Å². The highest BCUT2D eigenvalue weighted by Crippen LogP contribution is 2.52. The van der Waals surface area contributed by atoms with Gasteiger partial charge in [-0.25, -0.2) is 0 Å². The molecular weight excluding hydrogens is 474 g/mol. The smallest absolute Gasteiger partial charge is 0.309 e. The van der Waals surface area contributed by atoms with Crippen molar-refractivity contribution >= 4 is 11.8 Å². The molecule has 0 radical (unpaired) electrons. The monoisotopic (exact) mass is 515 g/mol. The van der Waals surface area contributed by atoms with Crippen LogP contribution in [0.25, 0.3) is 0 Å². The maximum absolute atomic E-state index is 11.6. The topological polar surface area (TPSA) is 93.1 Å². The van der Waals surface area contributed by atoms with Crippen LogP contribution >= 0.6 is 0 Å². The van der Waals surface area contributed by atoms with Gasteiger partial charge in [-0.05, 0) is 70.6 Å². The minimum Gasteiger partial charge on any atom is -0.493 e. The molecule has 204 valence electrons. The lowest BCUT2D eigenvalue weighted by atomic mass is 9.73. The minimum atomic E-state index is -0.707. The van der Waals surface area contributed by atoms with Crippen molar-refractivity contribution in [3.8, 4) is 11.5 Å². The number of likely N-dealkylation sites (tertiary alicyclic amines) is 2. The standard InChI is InChI=1S/C28H41N3O6/c1-5-35-21-14-20(15-22(36-6-2)24(21)28(34-4)8-7-9-28)17-30-18-27(19-30)16-23(29-37-27)31-12-10-26(3,11-13-31)25(32)33/h14-15H,5-13,16-19H2,1-4H3,(H,32,33). The minimum absolute atomic E-state index is 0.277. The summed E-state index contributed by atoms with van der Waals surface area (Å²) in [5.74, 6) is 1.97. The van der Waals surface area contributed by atoms with Gasteiger partial charge in [-0.3, -0.25) is 9.69 Å². The van der Waals surface area contributed by atoms with Gasteiger partial charge in [0.05, 0.1) is 36.2 Å². The number of carboxylic acid groups (broad SMARTS) is 1. The molecule has 1 aromatic carbocycles. The summed E-state index contributed by atoms with van der Waals surface area (Å²) in [5.41, 5.74) is 0.959. The van der Waals surface area contributed by atoms with Crippen LogP contribution in [-0.4, -0.2) is 78.8 Å². The van der Waals surface area contributed by atoms with E-state index in [4.69, 9.17) is 19.0 Å². The second-order valence-corrected chi connectivity index (χ2v) is 11.3. The first-order valence-electron chi connectivity index (χ1n) is 13.7. The molecule has 1 spiro atoms. The van der Waals surface area contributed by atoms with Gasteiger partial charge >= 0.3 is 5.97 Å². The molecule has 0 bridgehead atoms. The Morgan fingerprint density at radius 3 is 2.19 bits per heavy atom. The van der Waals surface area contributed by atoms with Gasteiger partial charge in [-0.1, -0.05) is 5.16 Å². The van der Waals surface area contributed by atoms with Gasteiger partial charge < -0.3 is 29.1 Å². The van der Waals surface area contributed by atoms with Crippen molar-refractivity contribution in [1.82, 2.24) is 9.80 Å². The lowest BCUT2D eigenvalue weighted by molar-refractivity contribution is -0.150. The summed E-state index contributed by atoms with van der Waals surface area (Å²) in [6.07, 6.45) is 5.13. The Kier molecular flexibility index (Phi) is 7.04. The molecule has 5 rings (SSSR count). The molecule has 0 amide bonds. The fraction of sp³-hybridized carbons (Fsp3) is 0.714. The Bertz CT molecular complexity index is 1010. The summed E-state index contributed by atoms with van der Waals surface area (Å²) in [6.45, 7) is 10.8. The predicted octanol–water partition coefficient (Wildman–Crippen LogP) is 3.98. The number of carbonyl (C=O) groups is 1. The van der Waals surface area contributed by atoms with Gasteiger partial charge in [0.15, 0.2) is 5.60 Å². The normalized spacial score (nSPS) is 23.6. The van der Waals surface area contributed by atoms with E-state index in [9.17, 15) is 9.90 Å². The van der Waals surface area contributed by atoms with E-state index in [1.165, 1.54) is 0 Å². The molecule has 37 heavy (non-hydrogen) atoms. The van der Waals surface area contributed by atoms with E-state index < -0.39 is 11.4 Å². The van der Waals surface area contributed by atoms with Crippen LogP contribution in [-0.2, 0) is 26.5 Å². The van der Waals surface area contributed by atoms with E-state index >= 15 is 0 Å². The van der Waals surface area contributed by atoms with Crippen LogP contribution < -0.4 is 9.47 Å². The van der Waals surface area contributed by atoms with Crippen molar-refractivity contribution in [3.63, 3.8) is 0 Å². The number of nitrogens with zero attached hydrogens (tertiary/aromatic N) is 3. The second-order valence-electron chi connectivity index (χ2n) is 11.3. The van der Waals surface area contributed by atoms with Crippen molar-refractivity contribution in [2.24, 2.45) is 10.6 Å². The fourth-order valence-corrected chi connectivity index (χ4v) is 6.23. The second kappa shape index (κ2) is 9.98. The van der Waals surface area contributed by atoms with Crippen molar-refractivity contribution < 1.29 is 28.9 Å². The molecular formula is C28H41N3O6. The third-order valence-corrected chi connectivity index (χ3v) is 8.74. The molecule has 1 aromatic rings. The van der Waals surface area contributed by atoms with Gasteiger partial charge in [0.1, 0.15) is 17.3 Å². The summed E-state index contributed by atoms with van der Waals surface area (Å²) in [6, 6.07) is 4.30. The summed E-state index contributed by atoms with van der Waals surface area (Å²) >= 11 is 0. The number of benzene rings is 1. The van der Waals surface area contributed by atoms with Crippen LogP contribution in [0.2, 0.25) is 0 Å². The predicted molar refractivity (Wildman–Crippen MR) is 139 cm³/mol. The van der Waals surface area contributed by atoms with E-state index in [1.54, 1.807) is 7.11 Å². The third-order valence-electron chi connectivity index (χ3n) is 8.74. The molecule has 1 saturated carbocycles. The number of amidine groups is 1. The van der Waals surface area contributed by atoms with Crippen LogP contribution in [0.15, 0.2) is 17.3 Å². The van der Waals surface area contributed by atoms with Gasteiger partial charge in [-0.15, -0.1) is 0 Å². The Balaban J connectivity index is 1.22. The average Bonchev–Trinajstić information content (AvgIpc) is 3.26. The molecule has 4 aliphatic rings. The molecule has 1 N–H and O–H groups in total. The summed E-state index contributed by atoms with van der Waals surface area (Å²) in [7, 11) is 1.78. The highest BCUT2D eigenvalue weighted by atomic mass is 16.7. The average molecular weight is 516 g/mol. The highest BCUT2D eigenvalue weighted by molar-refractivity contribution is 5.85. The number of hydrogen-bond donors (Lipinski definition) is 1. The highest BCUT2D eigenvalue weighted by Gasteiger charge is 2.51. The number of methoxy groups -OCH3 is 1. The zero-order chi connectivity index (χ0) is 26.3. The van der Waals surface area contributed by atoms with Crippen molar-refractivity contribution in [2.45, 2.75) is 77.0 Å². The number of aliphatic carboxylic acids is 1. The SMILES string of the molecule is CCOc1cc(CN2CC3(CC(N4CCC(C)(C(=O)O)CC4)=NO3)C2)cc(OCC)c1C1(OC)CCC1. The van der Waals surface area contributed by atoms with Gasteiger partial charge in [0.25, 0.3) is 0 Å². The van der Waals surface area contributed by atoms with Crippen molar-refractivity contribution in [1.29, 1.82) is 0 Å². The Labute approximate surface area is 219 Å². The summed E-state index contributed by atoms with van der Waals surface area (Å²) in [4.78, 5) is 22.1. The number of hydrogen-bond acceptors (Lipinski definition) is 8. The summed E-state index contributed by atoms with van der Waals surface area (Å²) in [5, 5.41) is 13.9. The number of ether oxygens (including phenoxy) is 3. The van der Waals surface area contributed by atoms with Crippen LogP contribution in [0.5, 0.6) is 11.5 Å². The van der Waals surface area contributed by atoms with Crippen LogP contribution in [0.1, 0.15) is 70.4 Å². The largest absolute Gasteiger partial charge is 0.493 e. The lowest BCUT2D eigenvalue weighted by Gasteiger charge is -2.46. The number of rotatable bonds is 9. The molecule has 9 heteroatoms. The van der Waals surface area contributed by atoms with E-state index in [1.807, 2.05) is 20.8 Å². The van der Waals surface area contributed by atoms with E-state index in [0.29, 0.717) is 39.1 Å². The summed E-state index contributed by atoms with van der Waals surface area (Å²) < 4.78 is 18.2. The maximum Gasteiger partial charge on any atom is 0.309 e. The first kappa shape index (κ1) is 26.1. The Morgan fingerprint density at radius 2 is 1.70 bits per heavy atom. The third kappa shape index (κ3) is 4.76. The Hall–Kier alpha value is -2.52. The zero-order valence-electron chi connectivity index (χ0n) is 22.7. The molecule has 0 atom stereocenters. The van der Waals surface area contributed by atoms with E-state index in [-0.39, 0.29) is 11.2 Å². The molecule has 3 heterocycles. The Morgan fingerprint density at radius 1 is 1.08 bits per heavy atom. The van der Waals surface area contributed by atoms with Crippen LogP contribution in [0.4, 0.5) is 0 Å². The van der Waals surface area contributed by atoms with Crippen molar-refractivity contribution in [2.75, 3.05) is 46.5 Å². The number of oxime groups is 1. The lowest BCUT2D eigenvalue weighted by Crippen LogP contribution is -2.61. The molecule has 9 nitrogen and oxygen atoms in total. The molecule has 3 aliphatic heterocycles. The first-order chi connectivity index (χ1) is 17.8. The number of piperidine rings is 1. The van der Waals surface area contributed by atoms with Gasteiger partial charge in [0, 0.05) is 39.8 Å². The molecule has 3 fully saturated rings. The molecule has 1 aliphatic carbocycles. The van der Waals surface area contributed by atoms with Gasteiger partial charge in [-0.2, -0.15) is 0 Å². The fourth-order valence-electron chi connectivity index (χ4n) is 6.23. The van der Waals surface area contributed by atoms with Gasteiger partial charge in [0.2, 0.25) is 0 Å². The molecule has 0 unspecified atom stereocenters. The van der Waals surface area contributed by atoms with E-state index in [2.05, 4.69) is 27.1 Å². The van der Waals surface area contributed by atoms with Crippen molar-refractivity contribution in [3.05, 3.63) is 23.3 Å². The first-order valence-corrected chi connectivity index (χ1v) is 13.7. The quantitative estimate of drug-likeness (QED) is 0.528. The number of carboxylic acids is 1. The molecule has 0 aromatic heterocycles. The maximum atomic E-state index is 11.6. The van der Waals surface area contributed by atoms with Crippen LogP contribution in [0.3, 0.4) is 0 Å². The van der Waals surface area contributed by atoms with Crippen LogP contribution in [0, 0.1) is 5.41 Å².